The summed E-state index contributed by atoms with van der Waals surface area (Å²) < 4.78 is 12.2. The largest absolute Gasteiger partial charge is 0.497 e. The minimum Gasteiger partial charge on any atom is -0.497 e. The summed E-state index contributed by atoms with van der Waals surface area (Å²) in [6.45, 7) is 0. The van der Waals surface area contributed by atoms with E-state index in [4.69, 9.17) is 9.47 Å². The van der Waals surface area contributed by atoms with Crippen LogP contribution < -0.4 is 14.8 Å². The third-order valence-electron chi connectivity index (χ3n) is 5.80. The number of hydrogen-bond acceptors (Lipinski definition) is 7. The van der Waals surface area contributed by atoms with Gasteiger partial charge >= 0.3 is 0 Å². The molecular formula is C22H21N5O3. The maximum Gasteiger partial charge on any atom is 0.248 e. The van der Waals surface area contributed by atoms with Gasteiger partial charge in [0.25, 0.3) is 0 Å². The number of carbonyl (C=O) groups is 1. The smallest absolute Gasteiger partial charge is 0.248 e. The maximum absolute atomic E-state index is 13.3. The Balaban J connectivity index is 1.54. The topological polar surface area (TPSA) is 91.2 Å². The van der Waals surface area contributed by atoms with Gasteiger partial charge in [0.05, 0.1) is 14.2 Å². The molecule has 1 aliphatic carbocycles. The van der Waals surface area contributed by atoms with Gasteiger partial charge in [0.2, 0.25) is 5.95 Å². The first-order valence-electron chi connectivity index (χ1n) is 9.77. The highest BCUT2D eigenvalue weighted by Crippen LogP contribution is 2.43. The van der Waals surface area contributed by atoms with Gasteiger partial charge in [0.1, 0.15) is 17.5 Å². The monoisotopic (exact) mass is 403 g/mol. The fraction of sp³-hybridized carbons (Fsp3) is 0.273. The highest BCUT2D eigenvalue weighted by Gasteiger charge is 2.39. The lowest BCUT2D eigenvalue weighted by atomic mass is 9.78. The molecule has 0 fully saturated rings. The van der Waals surface area contributed by atoms with Gasteiger partial charge in [0.15, 0.2) is 5.78 Å². The lowest BCUT2D eigenvalue weighted by Crippen LogP contribution is -2.33. The molecule has 0 saturated heterocycles. The Bertz CT molecular complexity index is 1120. The van der Waals surface area contributed by atoms with E-state index in [-0.39, 0.29) is 17.7 Å². The summed E-state index contributed by atoms with van der Waals surface area (Å²) in [6, 6.07) is 15.2. The van der Waals surface area contributed by atoms with Crippen molar-refractivity contribution in [1.82, 2.24) is 20.2 Å². The predicted octanol–water partition coefficient (Wildman–Crippen LogP) is 3.11. The van der Waals surface area contributed by atoms with Crippen LogP contribution in [0, 0.1) is 0 Å². The van der Waals surface area contributed by atoms with Crippen molar-refractivity contribution >= 4 is 11.7 Å². The third kappa shape index (κ3) is 3.01. The molecule has 1 aromatic heterocycles. The second kappa shape index (κ2) is 7.29. The fourth-order valence-electron chi connectivity index (χ4n) is 4.28. The van der Waals surface area contributed by atoms with Crippen LogP contribution in [0.15, 0.2) is 59.8 Å². The number of fused-ring (bicyclic) bond motifs is 1. The molecule has 2 heterocycles. The molecule has 2 unspecified atom stereocenters. The van der Waals surface area contributed by atoms with E-state index in [1.807, 2.05) is 48.5 Å². The highest BCUT2D eigenvalue weighted by molar-refractivity contribution is 6.00. The Hall–Kier alpha value is -3.68. The molecule has 0 amide bonds. The molecule has 0 saturated carbocycles. The van der Waals surface area contributed by atoms with E-state index in [0.717, 1.165) is 33.9 Å². The zero-order chi connectivity index (χ0) is 20.7. The average Bonchev–Trinajstić information content (AvgIpc) is 3.26. The average molecular weight is 403 g/mol. The number of benzene rings is 2. The highest BCUT2D eigenvalue weighted by atomic mass is 16.5. The fourth-order valence-corrected chi connectivity index (χ4v) is 4.28. The van der Waals surface area contributed by atoms with Crippen LogP contribution in [0.25, 0.3) is 0 Å². The van der Waals surface area contributed by atoms with Crippen molar-refractivity contribution in [3.05, 3.63) is 70.9 Å². The Morgan fingerprint density at radius 3 is 2.20 bits per heavy atom. The molecule has 3 aromatic rings. The molecule has 0 bridgehead atoms. The Kier molecular flexibility index (Phi) is 4.46. The minimum absolute atomic E-state index is 0.0913. The number of ether oxygens (including phenoxy) is 2. The summed E-state index contributed by atoms with van der Waals surface area (Å²) in [5.74, 6) is 2.29. The number of rotatable bonds is 4. The van der Waals surface area contributed by atoms with Gasteiger partial charge in [-0.3, -0.25) is 4.79 Å². The summed E-state index contributed by atoms with van der Waals surface area (Å²) in [7, 11) is 3.27. The SMILES string of the molecule is COc1ccc(C2CC(=O)C3=C(C2)Nc2nnnn2C3c2ccc(OC)cc2)cc1. The molecule has 152 valence electrons. The van der Waals surface area contributed by atoms with E-state index >= 15 is 0 Å². The molecule has 30 heavy (non-hydrogen) atoms. The molecule has 8 nitrogen and oxygen atoms in total. The molecule has 2 atom stereocenters. The molecule has 0 spiro atoms. The van der Waals surface area contributed by atoms with Gasteiger partial charge in [-0.2, -0.15) is 4.68 Å². The van der Waals surface area contributed by atoms with Gasteiger partial charge in [0, 0.05) is 17.7 Å². The second-order valence-electron chi connectivity index (χ2n) is 7.44. The van der Waals surface area contributed by atoms with Crippen LogP contribution in [0.1, 0.15) is 35.9 Å². The van der Waals surface area contributed by atoms with Crippen LogP contribution in [-0.2, 0) is 4.79 Å². The summed E-state index contributed by atoms with van der Waals surface area (Å²) in [4.78, 5) is 13.3. The number of nitrogens with one attached hydrogen (secondary N) is 1. The standard InChI is InChI=1S/C22H21N5O3/c1-29-16-7-3-13(4-8-16)15-11-18-20(19(28)12-15)21(27-22(23-18)24-25-26-27)14-5-9-17(30-2)10-6-14/h3-10,15,21H,11-12H2,1-2H3,(H,23,24,26). The van der Waals surface area contributed by atoms with Crippen molar-refractivity contribution in [1.29, 1.82) is 0 Å². The van der Waals surface area contributed by atoms with Crippen molar-refractivity contribution in [2.45, 2.75) is 24.8 Å². The summed E-state index contributed by atoms with van der Waals surface area (Å²) in [5.41, 5.74) is 3.66. The normalized spacial score (nSPS) is 20.3. The molecule has 2 aromatic carbocycles. The number of methoxy groups -OCH3 is 2. The molecule has 8 heteroatoms. The van der Waals surface area contributed by atoms with Crippen LogP contribution in [0.5, 0.6) is 11.5 Å². The lowest BCUT2D eigenvalue weighted by Gasteiger charge is -2.34. The van der Waals surface area contributed by atoms with Gasteiger partial charge in [-0.1, -0.05) is 29.4 Å². The number of carbonyl (C=O) groups excluding carboxylic acids is 1. The maximum atomic E-state index is 13.3. The van der Waals surface area contributed by atoms with Gasteiger partial charge in [-0.25, -0.2) is 0 Å². The third-order valence-corrected chi connectivity index (χ3v) is 5.80. The van der Waals surface area contributed by atoms with Gasteiger partial charge < -0.3 is 14.8 Å². The number of aromatic nitrogens is 4. The zero-order valence-corrected chi connectivity index (χ0v) is 16.7. The van der Waals surface area contributed by atoms with E-state index in [0.29, 0.717) is 18.8 Å². The first-order valence-corrected chi connectivity index (χ1v) is 9.77. The number of anilines is 1. The van der Waals surface area contributed by atoms with E-state index in [1.54, 1.807) is 18.9 Å². The van der Waals surface area contributed by atoms with E-state index in [2.05, 4.69) is 20.8 Å². The van der Waals surface area contributed by atoms with Crippen molar-refractivity contribution < 1.29 is 14.3 Å². The van der Waals surface area contributed by atoms with E-state index in [1.165, 1.54) is 0 Å². The van der Waals surface area contributed by atoms with E-state index in [9.17, 15) is 4.79 Å². The van der Waals surface area contributed by atoms with Crippen molar-refractivity contribution in [3.8, 4) is 11.5 Å². The quantitative estimate of drug-likeness (QED) is 0.716. The summed E-state index contributed by atoms with van der Waals surface area (Å²) >= 11 is 0. The number of Topliss-reactive ketones (excluding diaryl/α,β-unsaturated/α-hetero) is 1. The summed E-state index contributed by atoms with van der Waals surface area (Å²) in [6.07, 6.45) is 1.16. The molecule has 1 N–H and O–H groups in total. The van der Waals surface area contributed by atoms with Gasteiger partial charge in [-0.15, -0.1) is 0 Å². The second-order valence-corrected chi connectivity index (χ2v) is 7.44. The van der Waals surface area contributed by atoms with Crippen LogP contribution in [-0.4, -0.2) is 40.2 Å². The summed E-state index contributed by atoms with van der Waals surface area (Å²) in [5, 5.41) is 15.4. The Labute approximate surface area is 173 Å². The molecule has 1 aliphatic heterocycles. The van der Waals surface area contributed by atoms with Crippen LogP contribution in [0.3, 0.4) is 0 Å². The number of hydrogen-bond donors (Lipinski definition) is 1. The number of allylic oxidation sites excluding steroid dienone is 2. The number of ketones is 1. The zero-order valence-electron chi connectivity index (χ0n) is 16.7. The first-order chi connectivity index (χ1) is 14.7. The molecule has 0 radical (unpaired) electrons. The molecule has 5 rings (SSSR count). The van der Waals surface area contributed by atoms with Crippen LogP contribution >= 0.6 is 0 Å². The van der Waals surface area contributed by atoms with Crippen molar-refractivity contribution in [3.63, 3.8) is 0 Å². The minimum atomic E-state index is -0.360. The van der Waals surface area contributed by atoms with E-state index < -0.39 is 0 Å². The number of tetrazole rings is 1. The first kappa shape index (κ1) is 18.4. The lowest BCUT2D eigenvalue weighted by molar-refractivity contribution is -0.116. The predicted molar refractivity (Wildman–Crippen MR) is 110 cm³/mol. The Morgan fingerprint density at radius 2 is 1.57 bits per heavy atom. The number of nitrogens with zero attached hydrogens (tertiary/aromatic N) is 4. The van der Waals surface area contributed by atoms with Crippen molar-refractivity contribution in [2.75, 3.05) is 19.5 Å². The van der Waals surface area contributed by atoms with Gasteiger partial charge in [-0.05, 0) is 58.2 Å². The van der Waals surface area contributed by atoms with Crippen LogP contribution in [0.4, 0.5) is 5.95 Å². The molecule has 2 aliphatic rings. The molecular weight excluding hydrogens is 382 g/mol. The van der Waals surface area contributed by atoms with Crippen molar-refractivity contribution in [2.24, 2.45) is 0 Å². The van der Waals surface area contributed by atoms with Crippen LogP contribution in [0.2, 0.25) is 0 Å². The Morgan fingerprint density at radius 1 is 0.933 bits per heavy atom.